The summed E-state index contributed by atoms with van der Waals surface area (Å²) < 4.78 is 0. The van der Waals surface area contributed by atoms with E-state index in [9.17, 15) is 5.11 Å². The summed E-state index contributed by atoms with van der Waals surface area (Å²) >= 11 is 0. The number of nitrogens with one attached hydrogen (secondary N) is 1. The van der Waals surface area contributed by atoms with Gasteiger partial charge in [-0.15, -0.1) is 0 Å². The third-order valence-electron chi connectivity index (χ3n) is 2.16. The average molecular weight is 179 g/mol. The van der Waals surface area contributed by atoms with Crippen LogP contribution in [0.4, 0.5) is 5.69 Å². The van der Waals surface area contributed by atoms with Gasteiger partial charge in [-0.1, -0.05) is 25.1 Å². The molecule has 2 unspecified atom stereocenters. The van der Waals surface area contributed by atoms with Gasteiger partial charge in [0, 0.05) is 11.7 Å². The molecule has 0 saturated carbocycles. The van der Waals surface area contributed by atoms with Gasteiger partial charge < -0.3 is 10.4 Å². The molecule has 0 amide bonds. The standard InChI is InChI=1S/C11H17NO/c1-3-11(13)9(2)12-10-7-5-4-6-8-10/h4-9,11-13H,3H2,1-2H3. The molecule has 1 aromatic carbocycles. The fraction of sp³-hybridized carbons (Fsp3) is 0.455. The number of anilines is 1. The topological polar surface area (TPSA) is 32.3 Å². The summed E-state index contributed by atoms with van der Waals surface area (Å²) in [6.45, 7) is 3.97. The van der Waals surface area contributed by atoms with Crippen LogP contribution in [0.15, 0.2) is 30.3 Å². The maximum Gasteiger partial charge on any atom is 0.0735 e. The Morgan fingerprint density at radius 2 is 1.92 bits per heavy atom. The van der Waals surface area contributed by atoms with Crippen molar-refractivity contribution in [3.8, 4) is 0 Å². The number of hydrogen-bond donors (Lipinski definition) is 2. The Kier molecular flexibility index (Phi) is 3.77. The molecule has 2 heteroatoms. The van der Waals surface area contributed by atoms with Gasteiger partial charge in [0.1, 0.15) is 0 Å². The van der Waals surface area contributed by atoms with E-state index in [-0.39, 0.29) is 12.1 Å². The Morgan fingerprint density at radius 3 is 2.46 bits per heavy atom. The highest BCUT2D eigenvalue weighted by molar-refractivity contribution is 5.43. The molecular weight excluding hydrogens is 162 g/mol. The Labute approximate surface area is 79.6 Å². The van der Waals surface area contributed by atoms with Crippen LogP contribution in [-0.4, -0.2) is 17.3 Å². The summed E-state index contributed by atoms with van der Waals surface area (Å²) in [6, 6.07) is 10.0. The molecule has 72 valence electrons. The molecule has 0 bridgehead atoms. The lowest BCUT2D eigenvalue weighted by atomic mass is 10.1. The minimum Gasteiger partial charge on any atom is -0.391 e. The minimum atomic E-state index is -0.278. The molecule has 2 nitrogen and oxygen atoms in total. The van der Waals surface area contributed by atoms with E-state index in [1.165, 1.54) is 0 Å². The van der Waals surface area contributed by atoms with Crippen molar-refractivity contribution in [2.45, 2.75) is 32.4 Å². The Balaban J connectivity index is 2.50. The van der Waals surface area contributed by atoms with Crippen molar-refractivity contribution >= 4 is 5.69 Å². The zero-order valence-electron chi connectivity index (χ0n) is 8.20. The van der Waals surface area contributed by atoms with Crippen LogP contribution >= 0.6 is 0 Å². The smallest absolute Gasteiger partial charge is 0.0735 e. The highest BCUT2D eigenvalue weighted by Gasteiger charge is 2.10. The highest BCUT2D eigenvalue weighted by atomic mass is 16.3. The van der Waals surface area contributed by atoms with Gasteiger partial charge in [-0.3, -0.25) is 0 Å². The second-order valence-electron chi connectivity index (χ2n) is 3.27. The van der Waals surface area contributed by atoms with E-state index >= 15 is 0 Å². The quantitative estimate of drug-likeness (QED) is 0.743. The molecular formula is C11H17NO. The van der Waals surface area contributed by atoms with Crippen molar-refractivity contribution in [2.24, 2.45) is 0 Å². The maximum atomic E-state index is 9.53. The number of aliphatic hydroxyl groups excluding tert-OH is 1. The third kappa shape index (κ3) is 3.07. The summed E-state index contributed by atoms with van der Waals surface area (Å²) in [6.07, 6.45) is 0.501. The first-order valence-corrected chi connectivity index (χ1v) is 4.73. The van der Waals surface area contributed by atoms with E-state index in [4.69, 9.17) is 0 Å². The van der Waals surface area contributed by atoms with Gasteiger partial charge in [0.15, 0.2) is 0 Å². The Bertz CT molecular complexity index is 235. The van der Waals surface area contributed by atoms with Crippen molar-refractivity contribution in [2.75, 3.05) is 5.32 Å². The van der Waals surface area contributed by atoms with Crippen LogP contribution in [0.3, 0.4) is 0 Å². The molecule has 13 heavy (non-hydrogen) atoms. The largest absolute Gasteiger partial charge is 0.391 e. The molecule has 0 fully saturated rings. The minimum absolute atomic E-state index is 0.104. The van der Waals surface area contributed by atoms with Gasteiger partial charge in [-0.05, 0) is 25.5 Å². The first-order chi connectivity index (χ1) is 6.24. The van der Waals surface area contributed by atoms with Crippen LogP contribution in [0, 0.1) is 0 Å². The number of hydrogen-bond acceptors (Lipinski definition) is 2. The molecule has 0 spiro atoms. The molecule has 2 atom stereocenters. The summed E-state index contributed by atoms with van der Waals surface area (Å²) in [5.41, 5.74) is 1.06. The second-order valence-corrected chi connectivity index (χ2v) is 3.27. The molecule has 0 aliphatic rings. The average Bonchev–Trinajstić information content (AvgIpc) is 2.18. The first kappa shape index (κ1) is 10.1. The van der Waals surface area contributed by atoms with Gasteiger partial charge in [0.2, 0.25) is 0 Å². The predicted molar refractivity (Wildman–Crippen MR) is 55.8 cm³/mol. The van der Waals surface area contributed by atoms with Crippen molar-refractivity contribution in [3.63, 3.8) is 0 Å². The van der Waals surface area contributed by atoms with E-state index in [1.54, 1.807) is 0 Å². The van der Waals surface area contributed by atoms with Gasteiger partial charge >= 0.3 is 0 Å². The second kappa shape index (κ2) is 4.87. The Hall–Kier alpha value is -1.02. The molecule has 0 heterocycles. The fourth-order valence-corrected chi connectivity index (χ4v) is 1.25. The molecule has 0 aliphatic carbocycles. The summed E-state index contributed by atoms with van der Waals surface area (Å²) in [5, 5.41) is 12.8. The lowest BCUT2D eigenvalue weighted by Crippen LogP contribution is -2.29. The lowest BCUT2D eigenvalue weighted by molar-refractivity contribution is 0.154. The third-order valence-corrected chi connectivity index (χ3v) is 2.16. The van der Waals surface area contributed by atoms with Crippen LogP contribution < -0.4 is 5.32 Å². The number of rotatable bonds is 4. The van der Waals surface area contributed by atoms with Crippen LogP contribution in [0.2, 0.25) is 0 Å². The fourth-order valence-electron chi connectivity index (χ4n) is 1.25. The van der Waals surface area contributed by atoms with Gasteiger partial charge in [-0.2, -0.15) is 0 Å². The lowest BCUT2D eigenvalue weighted by Gasteiger charge is -2.19. The number of benzene rings is 1. The molecule has 1 rings (SSSR count). The van der Waals surface area contributed by atoms with Crippen LogP contribution in [0.1, 0.15) is 20.3 Å². The highest BCUT2D eigenvalue weighted by Crippen LogP contribution is 2.09. The SMILES string of the molecule is CCC(O)C(C)Nc1ccccc1. The summed E-state index contributed by atoms with van der Waals surface area (Å²) in [5.74, 6) is 0. The number of aliphatic hydroxyl groups is 1. The normalized spacial score (nSPS) is 15.0. The van der Waals surface area contributed by atoms with Crippen molar-refractivity contribution in [1.82, 2.24) is 0 Å². The van der Waals surface area contributed by atoms with E-state index in [2.05, 4.69) is 5.32 Å². The first-order valence-electron chi connectivity index (χ1n) is 4.73. The van der Waals surface area contributed by atoms with Crippen molar-refractivity contribution in [1.29, 1.82) is 0 Å². The zero-order chi connectivity index (χ0) is 9.68. The van der Waals surface area contributed by atoms with Crippen molar-refractivity contribution < 1.29 is 5.11 Å². The molecule has 0 radical (unpaired) electrons. The van der Waals surface area contributed by atoms with Crippen LogP contribution in [0.5, 0.6) is 0 Å². The molecule has 0 aliphatic heterocycles. The van der Waals surface area contributed by atoms with E-state index in [0.717, 1.165) is 12.1 Å². The van der Waals surface area contributed by atoms with E-state index in [0.29, 0.717) is 0 Å². The van der Waals surface area contributed by atoms with Gasteiger partial charge in [0.05, 0.1) is 6.10 Å². The van der Waals surface area contributed by atoms with Gasteiger partial charge in [-0.25, -0.2) is 0 Å². The summed E-state index contributed by atoms with van der Waals surface area (Å²) in [4.78, 5) is 0. The zero-order valence-corrected chi connectivity index (χ0v) is 8.20. The number of para-hydroxylation sites is 1. The molecule has 0 saturated heterocycles. The van der Waals surface area contributed by atoms with E-state index in [1.807, 2.05) is 44.2 Å². The molecule has 1 aromatic rings. The van der Waals surface area contributed by atoms with E-state index < -0.39 is 0 Å². The molecule has 0 aromatic heterocycles. The summed E-state index contributed by atoms with van der Waals surface area (Å²) in [7, 11) is 0. The van der Waals surface area contributed by atoms with Gasteiger partial charge in [0.25, 0.3) is 0 Å². The predicted octanol–water partition coefficient (Wildman–Crippen LogP) is 2.26. The van der Waals surface area contributed by atoms with Crippen LogP contribution in [0.25, 0.3) is 0 Å². The molecule has 2 N–H and O–H groups in total. The van der Waals surface area contributed by atoms with Crippen molar-refractivity contribution in [3.05, 3.63) is 30.3 Å². The van der Waals surface area contributed by atoms with Crippen LogP contribution in [-0.2, 0) is 0 Å². The Morgan fingerprint density at radius 1 is 1.31 bits per heavy atom. The monoisotopic (exact) mass is 179 g/mol. The maximum absolute atomic E-state index is 9.53.